The van der Waals surface area contributed by atoms with Crippen LogP contribution in [0.5, 0.6) is 0 Å². The highest BCUT2D eigenvalue weighted by atomic mass is 15.2. The zero-order valence-electron chi connectivity index (χ0n) is 13.2. The molecule has 1 aliphatic rings. The Morgan fingerprint density at radius 2 is 1.90 bits per heavy atom. The van der Waals surface area contributed by atoms with Crippen molar-refractivity contribution in [2.75, 3.05) is 13.1 Å². The maximum absolute atomic E-state index is 4.79. The molecule has 21 heavy (non-hydrogen) atoms. The number of hydrogen-bond donors (Lipinski definition) is 2. The van der Waals surface area contributed by atoms with Crippen LogP contribution in [0.3, 0.4) is 0 Å². The summed E-state index contributed by atoms with van der Waals surface area (Å²) in [5.41, 5.74) is 1.38. The van der Waals surface area contributed by atoms with E-state index in [0.29, 0.717) is 12.0 Å². The lowest BCUT2D eigenvalue weighted by molar-refractivity contribution is 0.622. The lowest BCUT2D eigenvalue weighted by Gasteiger charge is -2.18. The molecule has 0 fully saturated rings. The lowest BCUT2D eigenvalue weighted by atomic mass is 9.97. The highest BCUT2D eigenvalue weighted by Gasteiger charge is 2.13. The van der Waals surface area contributed by atoms with Gasteiger partial charge >= 0.3 is 0 Å². The number of hydrogen-bond acceptors (Lipinski definition) is 1. The Hall–Kier alpha value is -1.77. The fourth-order valence-electron chi connectivity index (χ4n) is 2.65. The summed E-state index contributed by atoms with van der Waals surface area (Å²) in [6.45, 7) is 6.07. The van der Waals surface area contributed by atoms with E-state index < -0.39 is 0 Å². The third-order valence-corrected chi connectivity index (χ3v) is 3.93. The van der Waals surface area contributed by atoms with Gasteiger partial charge in [-0.05, 0) is 31.7 Å². The van der Waals surface area contributed by atoms with Crippen LogP contribution < -0.4 is 10.6 Å². The molecule has 0 amide bonds. The molecule has 1 aromatic carbocycles. The molecular formula is C18H27N3. The maximum Gasteiger partial charge on any atom is 0.191 e. The van der Waals surface area contributed by atoms with E-state index >= 15 is 0 Å². The van der Waals surface area contributed by atoms with E-state index in [-0.39, 0.29) is 0 Å². The van der Waals surface area contributed by atoms with Crippen molar-refractivity contribution < 1.29 is 0 Å². The van der Waals surface area contributed by atoms with Crippen molar-refractivity contribution in [2.45, 2.75) is 45.1 Å². The standard InChI is InChI=1S/C18H27N3/c1-3-15(16-10-6-5-7-11-16)14-20-18(19-4-2)21-17-12-8-9-13-17/h5-11,15,17H,3-4,12-14H2,1-2H3,(H2,19,20,21). The van der Waals surface area contributed by atoms with Gasteiger partial charge in [0.05, 0.1) is 0 Å². The van der Waals surface area contributed by atoms with Crippen LogP contribution in [0, 0.1) is 0 Å². The van der Waals surface area contributed by atoms with Gasteiger partial charge in [-0.15, -0.1) is 0 Å². The van der Waals surface area contributed by atoms with Crippen LogP contribution in [0.15, 0.2) is 47.5 Å². The molecule has 0 radical (unpaired) electrons. The first kappa shape index (κ1) is 15.6. The van der Waals surface area contributed by atoms with Crippen LogP contribution in [0.25, 0.3) is 0 Å². The van der Waals surface area contributed by atoms with Crippen molar-refractivity contribution in [2.24, 2.45) is 4.99 Å². The quantitative estimate of drug-likeness (QED) is 0.477. The molecular weight excluding hydrogens is 258 g/mol. The van der Waals surface area contributed by atoms with Crippen LogP contribution in [-0.2, 0) is 0 Å². The van der Waals surface area contributed by atoms with Gasteiger partial charge in [-0.2, -0.15) is 0 Å². The summed E-state index contributed by atoms with van der Waals surface area (Å²) in [5.74, 6) is 1.43. The summed E-state index contributed by atoms with van der Waals surface area (Å²) in [4.78, 5) is 4.79. The van der Waals surface area contributed by atoms with Crippen LogP contribution in [0.4, 0.5) is 0 Å². The van der Waals surface area contributed by atoms with E-state index in [1.165, 1.54) is 5.56 Å². The Morgan fingerprint density at radius 3 is 2.52 bits per heavy atom. The Bertz CT molecular complexity index is 457. The molecule has 1 aromatic rings. The highest BCUT2D eigenvalue weighted by Crippen LogP contribution is 2.19. The van der Waals surface area contributed by atoms with Crippen LogP contribution in [0.2, 0.25) is 0 Å². The lowest BCUT2D eigenvalue weighted by Crippen LogP contribution is -2.42. The summed E-state index contributed by atoms with van der Waals surface area (Å²) in [5, 5.41) is 6.88. The van der Waals surface area contributed by atoms with Crippen molar-refractivity contribution in [1.82, 2.24) is 10.6 Å². The van der Waals surface area contributed by atoms with E-state index in [4.69, 9.17) is 4.99 Å². The van der Waals surface area contributed by atoms with Crippen molar-refractivity contribution in [3.63, 3.8) is 0 Å². The van der Waals surface area contributed by atoms with Gasteiger partial charge in [-0.1, -0.05) is 49.4 Å². The van der Waals surface area contributed by atoms with E-state index in [9.17, 15) is 0 Å². The number of guanidine groups is 1. The van der Waals surface area contributed by atoms with Crippen molar-refractivity contribution in [3.05, 3.63) is 48.0 Å². The molecule has 2 N–H and O–H groups in total. The second-order valence-electron chi connectivity index (χ2n) is 5.52. The fraction of sp³-hybridized carbons (Fsp3) is 0.500. The first-order chi connectivity index (χ1) is 10.3. The Balaban J connectivity index is 1.96. The molecule has 2 rings (SSSR count). The van der Waals surface area contributed by atoms with Gasteiger partial charge in [0.15, 0.2) is 5.96 Å². The van der Waals surface area contributed by atoms with Crippen molar-refractivity contribution in [1.29, 1.82) is 0 Å². The predicted octanol–water partition coefficient (Wildman–Crippen LogP) is 3.45. The molecule has 1 unspecified atom stereocenters. The van der Waals surface area contributed by atoms with Crippen LogP contribution >= 0.6 is 0 Å². The second kappa shape index (κ2) is 8.50. The number of nitrogens with zero attached hydrogens (tertiary/aromatic N) is 1. The first-order valence-corrected chi connectivity index (χ1v) is 8.08. The Labute approximate surface area is 128 Å². The van der Waals surface area contributed by atoms with Gasteiger partial charge in [0, 0.05) is 25.0 Å². The smallest absolute Gasteiger partial charge is 0.191 e. The molecule has 0 saturated carbocycles. The number of rotatable bonds is 6. The summed E-state index contributed by atoms with van der Waals surface area (Å²) >= 11 is 0. The summed E-state index contributed by atoms with van der Waals surface area (Å²) in [6, 6.07) is 11.2. The zero-order chi connectivity index (χ0) is 14.9. The molecule has 3 heteroatoms. The molecule has 1 atom stereocenters. The molecule has 0 aromatic heterocycles. The van der Waals surface area contributed by atoms with E-state index in [2.05, 4.69) is 67.0 Å². The van der Waals surface area contributed by atoms with Crippen LogP contribution in [0.1, 0.15) is 44.6 Å². The molecule has 0 heterocycles. The normalized spacial score (nSPS) is 17.0. The zero-order valence-corrected chi connectivity index (χ0v) is 13.2. The van der Waals surface area contributed by atoms with E-state index in [0.717, 1.165) is 38.3 Å². The van der Waals surface area contributed by atoms with Crippen molar-refractivity contribution >= 4 is 5.96 Å². The predicted molar refractivity (Wildman–Crippen MR) is 90.8 cm³/mol. The fourth-order valence-corrected chi connectivity index (χ4v) is 2.65. The number of benzene rings is 1. The van der Waals surface area contributed by atoms with Gasteiger partial charge in [0.2, 0.25) is 0 Å². The molecule has 0 bridgehead atoms. The van der Waals surface area contributed by atoms with Gasteiger partial charge in [-0.3, -0.25) is 4.99 Å². The monoisotopic (exact) mass is 285 g/mol. The summed E-state index contributed by atoms with van der Waals surface area (Å²) in [6.07, 6.45) is 7.78. The number of aliphatic imine (C=N–C) groups is 1. The van der Waals surface area contributed by atoms with Gasteiger partial charge < -0.3 is 10.6 Å². The first-order valence-electron chi connectivity index (χ1n) is 8.08. The maximum atomic E-state index is 4.79. The summed E-state index contributed by atoms with van der Waals surface area (Å²) in [7, 11) is 0. The molecule has 0 saturated heterocycles. The van der Waals surface area contributed by atoms with E-state index in [1.54, 1.807) is 0 Å². The minimum absolute atomic E-state index is 0.489. The summed E-state index contributed by atoms with van der Waals surface area (Å²) < 4.78 is 0. The largest absolute Gasteiger partial charge is 0.357 e. The molecule has 0 spiro atoms. The van der Waals surface area contributed by atoms with Crippen molar-refractivity contribution in [3.8, 4) is 0 Å². The SMILES string of the molecule is CCNC(=NCC(CC)c1ccccc1)NC1CC=CC1. The molecule has 3 nitrogen and oxygen atoms in total. The third-order valence-electron chi connectivity index (χ3n) is 3.93. The second-order valence-corrected chi connectivity index (χ2v) is 5.52. The third kappa shape index (κ3) is 4.92. The van der Waals surface area contributed by atoms with Gasteiger partial charge in [0.1, 0.15) is 0 Å². The van der Waals surface area contributed by atoms with Gasteiger partial charge in [0.25, 0.3) is 0 Å². The average Bonchev–Trinajstić information content (AvgIpc) is 3.02. The highest BCUT2D eigenvalue weighted by molar-refractivity contribution is 5.80. The van der Waals surface area contributed by atoms with E-state index in [1.807, 2.05) is 0 Å². The minimum Gasteiger partial charge on any atom is -0.357 e. The molecule has 114 valence electrons. The topological polar surface area (TPSA) is 36.4 Å². The average molecular weight is 285 g/mol. The Morgan fingerprint density at radius 1 is 1.19 bits per heavy atom. The molecule has 0 aliphatic heterocycles. The van der Waals surface area contributed by atoms with Gasteiger partial charge in [-0.25, -0.2) is 0 Å². The Kier molecular flexibility index (Phi) is 6.32. The molecule has 1 aliphatic carbocycles. The van der Waals surface area contributed by atoms with Crippen LogP contribution in [-0.4, -0.2) is 25.1 Å². The number of nitrogens with one attached hydrogen (secondary N) is 2. The minimum atomic E-state index is 0.489.